The molecule has 6 nitrogen and oxygen atoms in total. The number of sulfonamides is 1. The first-order valence-electron chi connectivity index (χ1n) is 6.07. The normalized spacial score (nSPS) is 11.1. The van der Waals surface area contributed by atoms with Crippen LogP contribution < -0.4 is 10.2 Å². The first-order chi connectivity index (χ1) is 10.00. The molecule has 2 aromatic rings. The highest BCUT2D eigenvalue weighted by Crippen LogP contribution is 2.12. The molecule has 0 aliphatic carbocycles. The lowest BCUT2D eigenvalue weighted by atomic mass is 10.3. The number of amides is 1. The molecule has 0 bridgehead atoms. The summed E-state index contributed by atoms with van der Waals surface area (Å²) in [5.74, 6) is 0.320. The molecule has 0 saturated heterocycles. The molecule has 1 amide bonds. The highest BCUT2D eigenvalue weighted by atomic mass is 32.2. The van der Waals surface area contributed by atoms with E-state index in [0.717, 1.165) is 0 Å². The smallest absolute Gasteiger partial charge is 0.409 e. The molecule has 0 atom stereocenters. The lowest BCUT2D eigenvalue weighted by Gasteiger charge is -2.17. The highest BCUT2D eigenvalue weighted by Gasteiger charge is 2.22. The Bertz CT molecular complexity index is 702. The topological polar surface area (TPSA) is 75.7 Å². The summed E-state index contributed by atoms with van der Waals surface area (Å²) in [4.78, 5) is 11.7. The van der Waals surface area contributed by atoms with Crippen LogP contribution in [0.4, 0.5) is 4.79 Å². The van der Waals surface area contributed by atoms with Gasteiger partial charge in [-0.05, 0) is 24.3 Å². The van der Waals surface area contributed by atoms with E-state index in [1.54, 1.807) is 48.5 Å². The van der Waals surface area contributed by atoms with Gasteiger partial charge in [0, 0.05) is 7.05 Å². The summed E-state index contributed by atoms with van der Waals surface area (Å²) in [5.41, 5.74) is 2.15. The fourth-order valence-electron chi connectivity index (χ4n) is 1.56. The van der Waals surface area contributed by atoms with Crippen LogP contribution in [-0.4, -0.2) is 26.0 Å². The maximum absolute atomic E-state index is 12.2. The van der Waals surface area contributed by atoms with E-state index in [2.05, 4.69) is 5.43 Å². The number of carbonyl (C=O) groups excluding carboxylic acids is 1. The number of rotatable bonds is 4. The zero-order chi connectivity index (χ0) is 15.3. The van der Waals surface area contributed by atoms with Crippen molar-refractivity contribution in [1.29, 1.82) is 0 Å². The molecule has 0 aliphatic heterocycles. The van der Waals surface area contributed by atoms with Crippen molar-refractivity contribution in [2.75, 3.05) is 7.05 Å². The lowest BCUT2D eigenvalue weighted by molar-refractivity contribution is 0.183. The Hall–Kier alpha value is -2.38. The predicted octanol–water partition coefficient (Wildman–Crippen LogP) is 2.01. The molecule has 0 aromatic heterocycles. The first kappa shape index (κ1) is 15.0. The minimum atomic E-state index is -3.80. The average Bonchev–Trinajstić information content (AvgIpc) is 2.49. The summed E-state index contributed by atoms with van der Waals surface area (Å²) in [6.45, 7) is 0. The predicted molar refractivity (Wildman–Crippen MR) is 77.0 cm³/mol. The number of ether oxygens (including phenoxy) is 1. The Labute approximate surface area is 123 Å². The Balaban J connectivity index is 2.04. The molecule has 21 heavy (non-hydrogen) atoms. The molecule has 0 unspecified atom stereocenters. The van der Waals surface area contributed by atoms with Crippen LogP contribution in [0.2, 0.25) is 0 Å². The van der Waals surface area contributed by atoms with Crippen LogP contribution in [0.15, 0.2) is 65.6 Å². The minimum absolute atomic E-state index is 0.0764. The summed E-state index contributed by atoms with van der Waals surface area (Å²) >= 11 is 0. The van der Waals surface area contributed by atoms with E-state index in [1.165, 1.54) is 19.2 Å². The van der Waals surface area contributed by atoms with Gasteiger partial charge in [-0.25, -0.2) is 18.6 Å². The van der Waals surface area contributed by atoms with Crippen LogP contribution in [0.5, 0.6) is 5.75 Å². The van der Waals surface area contributed by atoms with Crippen LogP contribution in [0.25, 0.3) is 0 Å². The second-order valence-electron chi connectivity index (χ2n) is 4.10. The summed E-state index contributed by atoms with van der Waals surface area (Å²) in [5, 5.41) is 0. The van der Waals surface area contributed by atoms with Crippen LogP contribution in [0, 0.1) is 0 Å². The van der Waals surface area contributed by atoms with Crippen molar-refractivity contribution in [2.45, 2.75) is 4.90 Å². The van der Waals surface area contributed by atoms with Gasteiger partial charge in [-0.1, -0.05) is 36.4 Å². The van der Waals surface area contributed by atoms with Crippen molar-refractivity contribution in [1.82, 2.24) is 9.84 Å². The Kier molecular flexibility index (Phi) is 4.56. The van der Waals surface area contributed by atoms with E-state index in [1.807, 2.05) is 0 Å². The SMILES string of the molecule is CN(NC(=O)Oc1ccccc1)S(=O)(=O)c1ccccc1. The third kappa shape index (κ3) is 3.80. The Morgan fingerprint density at radius 1 is 1.00 bits per heavy atom. The van der Waals surface area contributed by atoms with Crippen LogP contribution in [-0.2, 0) is 10.0 Å². The quantitative estimate of drug-likeness (QED) is 0.877. The van der Waals surface area contributed by atoms with Gasteiger partial charge in [-0.3, -0.25) is 0 Å². The number of nitrogens with zero attached hydrogens (tertiary/aromatic N) is 1. The van der Waals surface area contributed by atoms with Gasteiger partial charge in [0.05, 0.1) is 4.90 Å². The number of benzene rings is 2. The van der Waals surface area contributed by atoms with E-state index in [4.69, 9.17) is 4.74 Å². The largest absolute Gasteiger partial charge is 0.428 e. The zero-order valence-electron chi connectivity index (χ0n) is 11.3. The monoisotopic (exact) mass is 306 g/mol. The summed E-state index contributed by atoms with van der Waals surface area (Å²) in [7, 11) is -2.57. The van der Waals surface area contributed by atoms with Crippen LogP contribution >= 0.6 is 0 Å². The van der Waals surface area contributed by atoms with Gasteiger partial charge in [0.25, 0.3) is 10.0 Å². The molecule has 0 radical (unpaired) electrons. The van der Waals surface area contributed by atoms with Gasteiger partial charge in [-0.2, -0.15) is 0 Å². The van der Waals surface area contributed by atoms with E-state index >= 15 is 0 Å². The Morgan fingerprint density at radius 2 is 1.52 bits per heavy atom. The van der Waals surface area contributed by atoms with Crippen molar-refractivity contribution >= 4 is 16.1 Å². The van der Waals surface area contributed by atoms with Gasteiger partial charge >= 0.3 is 6.09 Å². The van der Waals surface area contributed by atoms with Crippen molar-refractivity contribution in [2.24, 2.45) is 0 Å². The molecular formula is C14H14N2O4S. The molecule has 1 N–H and O–H groups in total. The van der Waals surface area contributed by atoms with Gasteiger partial charge in [-0.15, -0.1) is 4.41 Å². The van der Waals surface area contributed by atoms with Gasteiger partial charge in [0.15, 0.2) is 0 Å². The maximum Gasteiger partial charge on any atom is 0.428 e. The summed E-state index contributed by atoms with van der Waals surface area (Å²) in [6, 6.07) is 16.1. The summed E-state index contributed by atoms with van der Waals surface area (Å²) in [6.07, 6.45) is -0.886. The van der Waals surface area contributed by atoms with Crippen molar-refractivity contribution in [3.63, 3.8) is 0 Å². The average molecular weight is 306 g/mol. The zero-order valence-corrected chi connectivity index (χ0v) is 12.1. The number of carbonyl (C=O) groups is 1. The number of hydrogen-bond acceptors (Lipinski definition) is 4. The molecule has 2 aromatic carbocycles. The van der Waals surface area contributed by atoms with Crippen molar-refractivity contribution in [3.05, 3.63) is 60.7 Å². The van der Waals surface area contributed by atoms with E-state index in [-0.39, 0.29) is 4.90 Å². The number of nitrogens with one attached hydrogen (secondary N) is 1. The standard InChI is InChI=1S/C14H14N2O4S/c1-16(21(18,19)13-10-6-3-7-11-13)15-14(17)20-12-8-4-2-5-9-12/h2-11H,1H3,(H,15,17). The highest BCUT2D eigenvalue weighted by molar-refractivity contribution is 7.89. The number of hydrogen-bond donors (Lipinski definition) is 1. The van der Waals surface area contributed by atoms with Gasteiger partial charge in [0.2, 0.25) is 0 Å². The maximum atomic E-state index is 12.2. The van der Waals surface area contributed by atoms with E-state index in [9.17, 15) is 13.2 Å². The van der Waals surface area contributed by atoms with Crippen LogP contribution in [0.1, 0.15) is 0 Å². The van der Waals surface area contributed by atoms with Gasteiger partial charge in [0.1, 0.15) is 5.75 Å². The lowest BCUT2D eigenvalue weighted by Crippen LogP contribution is -2.44. The second-order valence-corrected chi connectivity index (χ2v) is 6.07. The molecule has 110 valence electrons. The van der Waals surface area contributed by atoms with E-state index in [0.29, 0.717) is 10.2 Å². The summed E-state index contributed by atoms with van der Waals surface area (Å²) < 4.78 is 30.0. The molecule has 0 fully saturated rings. The third-order valence-corrected chi connectivity index (χ3v) is 4.28. The van der Waals surface area contributed by atoms with Crippen molar-refractivity contribution in [3.8, 4) is 5.75 Å². The van der Waals surface area contributed by atoms with E-state index < -0.39 is 16.1 Å². The molecule has 0 spiro atoms. The molecule has 0 heterocycles. The fourth-order valence-corrected chi connectivity index (χ4v) is 2.57. The second kappa shape index (κ2) is 6.38. The third-order valence-electron chi connectivity index (χ3n) is 2.60. The first-order valence-corrected chi connectivity index (χ1v) is 7.51. The Morgan fingerprint density at radius 3 is 2.10 bits per heavy atom. The molecule has 2 rings (SSSR count). The molecular weight excluding hydrogens is 292 g/mol. The minimum Gasteiger partial charge on any atom is -0.409 e. The molecule has 0 aliphatic rings. The number of para-hydroxylation sites is 1. The van der Waals surface area contributed by atoms with Crippen molar-refractivity contribution < 1.29 is 17.9 Å². The van der Waals surface area contributed by atoms with Gasteiger partial charge < -0.3 is 4.74 Å². The molecule has 0 saturated carbocycles. The van der Waals surface area contributed by atoms with Crippen LogP contribution in [0.3, 0.4) is 0 Å². The fraction of sp³-hybridized carbons (Fsp3) is 0.0714. The molecule has 7 heteroatoms. The number of hydrazine groups is 1.